The van der Waals surface area contributed by atoms with E-state index in [2.05, 4.69) is 21.2 Å². The van der Waals surface area contributed by atoms with Crippen LogP contribution in [0.3, 0.4) is 0 Å². The Morgan fingerprint density at radius 1 is 1.36 bits per heavy atom. The summed E-state index contributed by atoms with van der Waals surface area (Å²) >= 11 is 3.30. The predicted molar refractivity (Wildman–Crippen MR) is 85.2 cm³/mol. The molecule has 1 atom stereocenters. The van der Waals surface area contributed by atoms with E-state index in [4.69, 9.17) is 4.74 Å². The monoisotopic (exact) mass is 367 g/mol. The van der Waals surface area contributed by atoms with Crippen molar-refractivity contribution >= 4 is 27.5 Å². The average Bonchev–Trinajstić information content (AvgIpc) is 2.51. The fraction of sp³-hybridized carbons (Fsp3) is 0.188. The zero-order valence-electron chi connectivity index (χ0n) is 11.8. The topological polar surface area (TPSA) is 58.6 Å². The Morgan fingerprint density at radius 3 is 2.77 bits per heavy atom. The van der Waals surface area contributed by atoms with E-state index in [1.54, 1.807) is 37.3 Å². The van der Waals surface area contributed by atoms with Crippen LogP contribution in [0.4, 0.5) is 10.1 Å². The van der Waals surface area contributed by atoms with Gasteiger partial charge < -0.3 is 15.2 Å². The van der Waals surface area contributed by atoms with Gasteiger partial charge in [-0.05, 0) is 37.3 Å². The Morgan fingerprint density at radius 2 is 2.09 bits per heavy atom. The van der Waals surface area contributed by atoms with E-state index in [1.807, 2.05) is 0 Å². The summed E-state index contributed by atoms with van der Waals surface area (Å²) in [5.74, 6) is -0.582. The van der Waals surface area contributed by atoms with Gasteiger partial charge in [0.25, 0.3) is 5.91 Å². The van der Waals surface area contributed by atoms with Gasteiger partial charge >= 0.3 is 0 Å². The second-order valence-corrected chi connectivity index (χ2v) is 5.56. The first-order chi connectivity index (χ1) is 10.5. The van der Waals surface area contributed by atoms with Crippen molar-refractivity contribution in [3.8, 4) is 5.75 Å². The van der Waals surface area contributed by atoms with Crippen LogP contribution in [-0.4, -0.2) is 17.1 Å². The van der Waals surface area contributed by atoms with E-state index >= 15 is 0 Å². The maximum Gasteiger partial charge on any atom is 0.265 e. The third kappa shape index (κ3) is 4.05. The molecule has 0 saturated heterocycles. The van der Waals surface area contributed by atoms with E-state index in [0.29, 0.717) is 11.3 Å². The molecule has 2 aromatic rings. The number of carbonyl (C=O) groups is 1. The van der Waals surface area contributed by atoms with Crippen LogP contribution in [0, 0.1) is 5.82 Å². The second-order valence-electron chi connectivity index (χ2n) is 4.64. The Bertz CT molecular complexity index is 678. The SMILES string of the molecule is C[C@H](Oc1ccc(Br)cc1CO)C(=O)Nc1ccccc1F. The smallest absolute Gasteiger partial charge is 0.265 e. The van der Waals surface area contributed by atoms with Gasteiger partial charge in [0.2, 0.25) is 0 Å². The van der Waals surface area contributed by atoms with Gasteiger partial charge in [0.15, 0.2) is 6.10 Å². The van der Waals surface area contributed by atoms with Crippen LogP contribution in [0.15, 0.2) is 46.9 Å². The molecule has 0 aliphatic carbocycles. The lowest BCUT2D eigenvalue weighted by atomic mass is 10.2. The number of ether oxygens (including phenoxy) is 1. The minimum absolute atomic E-state index is 0.0983. The number of aliphatic hydroxyl groups excluding tert-OH is 1. The average molecular weight is 368 g/mol. The molecule has 6 heteroatoms. The lowest BCUT2D eigenvalue weighted by Gasteiger charge is -2.17. The molecule has 1 amide bonds. The van der Waals surface area contributed by atoms with Crippen molar-refractivity contribution in [2.24, 2.45) is 0 Å². The van der Waals surface area contributed by atoms with Gasteiger partial charge in [-0.2, -0.15) is 0 Å². The van der Waals surface area contributed by atoms with Gasteiger partial charge in [0.1, 0.15) is 11.6 Å². The molecule has 2 N–H and O–H groups in total. The fourth-order valence-electron chi connectivity index (χ4n) is 1.83. The Labute approximate surface area is 136 Å². The van der Waals surface area contributed by atoms with Crippen molar-refractivity contribution < 1.29 is 19.0 Å². The summed E-state index contributed by atoms with van der Waals surface area (Å²) in [4.78, 5) is 12.1. The van der Waals surface area contributed by atoms with Crippen molar-refractivity contribution in [3.05, 3.63) is 58.3 Å². The molecule has 0 heterocycles. The number of anilines is 1. The lowest BCUT2D eigenvalue weighted by Crippen LogP contribution is -2.30. The van der Waals surface area contributed by atoms with Crippen LogP contribution in [0.5, 0.6) is 5.75 Å². The highest BCUT2D eigenvalue weighted by molar-refractivity contribution is 9.10. The molecular weight excluding hydrogens is 353 g/mol. The molecule has 4 nitrogen and oxygen atoms in total. The molecule has 0 saturated carbocycles. The van der Waals surface area contributed by atoms with E-state index in [1.165, 1.54) is 12.1 Å². The van der Waals surface area contributed by atoms with Gasteiger partial charge in [-0.25, -0.2) is 4.39 Å². The highest BCUT2D eigenvalue weighted by Gasteiger charge is 2.17. The number of benzene rings is 2. The number of nitrogens with one attached hydrogen (secondary N) is 1. The van der Waals surface area contributed by atoms with Gasteiger partial charge in [0, 0.05) is 10.0 Å². The van der Waals surface area contributed by atoms with E-state index < -0.39 is 17.8 Å². The van der Waals surface area contributed by atoms with Gasteiger partial charge in [-0.3, -0.25) is 4.79 Å². The molecule has 22 heavy (non-hydrogen) atoms. The molecule has 2 rings (SSSR count). The summed E-state index contributed by atoms with van der Waals surface area (Å²) < 4.78 is 19.9. The van der Waals surface area contributed by atoms with Crippen LogP contribution in [0.2, 0.25) is 0 Å². The summed E-state index contributed by atoms with van der Waals surface area (Å²) in [6, 6.07) is 11.0. The quantitative estimate of drug-likeness (QED) is 0.850. The van der Waals surface area contributed by atoms with Gasteiger partial charge in [-0.1, -0.05) is 28.1 Å². The lowest BCUT2D eigenvalue weighted by molar-refractivity contribution is -0.122. The summed E-state index contributed by atoms with van der Waals surface area (Å²) in [7, 11) is 0. The third-order valence-corrected chi connectivity index (χ3v) is 3.49. The summed E-state index contributed by atoms with van der Waals surface area (Å²) in [5.41, 5.74) is 0.654. The van der Waals surface area contributed by atoms with Crippen molar-refractivity contribution in [1.29, 1.82) is 0 Å². The minimum atomic E-state index is -0.842. The standard InChI is InChI=1S/C16H15BrFNO3/c1-10(16(21)19-14-5-3-2-4-13(14)18)22-15-7-6-12(17)8-11(15)9-20/h2-8,10,20H,9H2,1H3,(H,19,21)/t10-/m0/s1. The van der Waals surface area contributed by atoms with Crippen LogP contribution in [-0.2, 0) is 11.4 Å². The first-order valence-electron chi connectivity index (χ1n) is 6.62. The Balaban J connectivity index is 2.07. The van der Waals surface area contributed by atoms with Crippen LogP contribution < -0.4 is 10.1 Å². The number of amides is 1. The fourth-order valence-corrected chi connectivity index (χ4v) is 2.24. The van der Waals surface area contributed by atoms with E-state index in [-0.39, 0.29) is 12.3 Å². The normalized spacial score (nSPS) is 11.8. The molecule has 0 aliphatic heterocycles. The number of para-hydroxylation sites is 1. The molecule has 2 aromatic carbocycles. The molecule has 0 bridgehead atoms. The predicted octanol–water partition coefficient (Wildman–Crippen LogP) is 3.49. The number of aliphatic hydroxyl groups is 1. The number of rotatable bonds is 5. The summed E-state index contributed by atoms with van der Waals surface area (Å²) in [6.45, 7) is 1.34. The molecule has 0 radical (unpaired) electrons. The molecule has 0 fully saturated rings. The molecule has 0 aliphatic rings. The van der Waals surface area contributed by atoms with Crippen molar-refractivity contribution in [2.45, 2.75) is 19.6 Å². The van der Waals surface area contributed by atoms with Crippen molar-refractivity contribution in [3.63, 3.8) is 0 Å². The van der Waals surface area contributed by atoms with Crippen LogP contribution in [0.1, 0.15) is 12.5 Å². The Hall–Kier alpha value is -1.92. The molecular formula is C16H15BrFNO3. The van der Waals surface area contributed by atoms with E-state index in [0.717, 1.165) is 4.47 Å². The molecule has 0 aromatic heterocycles. The zero-order valence-corrected chi connectivity index (χ0v) is 13.4. The number of halogens is 2. The maximum atomic E-state index is 13.5. The van der Waals surface area contributed by atoms with Crippen LogP contribution >= 0.6 is 15.9 Å². The largest absolute Gasteiger partial charge is 0.481 e. The second kappa shape index (κ2) is 7.38. The van der Waals surface area contributed by atoms with Crippen LogP contribution in [0.25, 0.3) is 0 Å². The van der Waals surface area contributed by atoms with Crippen molar-refractivity contribution in [2.75, 3.05) is 5.32 Å². The number of hydrogen-bond donors (Lipinski definition) is 2. The molecule has 116 valence electrons. The number of carbonyl (C=O) groups excluding carboxylic acids is 1. The first-order valence-corrected chi connectivity index (χ1v) is 7.42. The van der Waals surface area contributed by atoms with Gasteiger partial charge in [0.05, 0.1) is 12.3 Å². The summed E-state index contributed by atoms with van der Waals surface area (Å²) in [6.07, 6.45) is -0.842. The first kappa shape index (κ1) is 16.5. The zero-order chi connectivity index (χ0) is 16.1. The highest BCUT2D eigenvalue weighted by Crippen LogP contribution is 2.24. The third-order valence-electron chi connectivity index (χ3n) is 3.00. The summed E-state index contributed by atoms with van der Waals surface area (Å²) in [5, 5.41) is 11.8. The van der Waals surface area contributed by atoms with Gasteiger partial charge in [-0.15, -0.1) is 0 Å². The molecule has 0 spiro atoms. The van der Waals surface area contributed by atoms with E-state index in [9.17, 15) is 14.3 Å². The minimum Gasteiger partial charge on any atom is -0.481 e. The highest BCUT2D eigenvalue weighted by atomic mass is 79.9. The molecule has 0 unspecified atom stereocenters. The number of hydrogen-bond acceptors (Lipinski definition) is 3. The van der Waals surface area contributed by atoms with Crippen molar-refractivity contribution in [1.82, 2.24) is 0 Å². The Kier molecular flexibility index (Phi) is 5.51. The maximum absolute atomic E-state index is 13.5.